The van der Waals surface area contributed by atoms with Crippen LogP contribution in [0.2, 0.25) is 0 Å². The molecule has 6 saturated heterocycles. The molecule has 0 radical (unpaired) electrons. The standard InChI is InChI=1S/C62H71F3N10O8/c1-6-42-47(63)11-7-38-29-41(82-36-80-5)30-44(51(38)42)54-53(65)55-45(31-66-54)56(73-33-39-8-9-40(34-73)75(39)60(79)83-61(2,3)4)69-59(68-55)81-28-27-70-23-17-62(18-24-70)19-25-71(26-20-62)32-37-15-21-72(22-16-37)48-12-10-43-46(52(48)64)35-74(58(43)78)49-13-14-50(76)67-57(49)77/h1,7,10-12,29-31,37,39-40,49H,8-9,13-28,32-36H2,2-5H3,(H,67,76,77). The molecule has 5 aromatic rings. The number of nitrogens with zero attached hydrogens (tertiary/aromatic N) is 9. The molecule has 3 aromatic carbocycles. The normalized spacial score (nSPS) is 22.4. The minimum Gasteiger partial charge on any atom is -0.468 e. The molecule has 9 heterocycles. The maximum atomic E-state index is 17.6. The summed E-state index contributed by atoms with van der Waals surface area (Å²) in [5.41, 5.74) is 0.746. The molecule has 2 aromatic heterocycles. The quantitative estimate of drug-likeness (QED) is 0.0681. The summed E-state index contributed by atoms with van der Waals surface area (Å²) in [6.07, 6.45) is 15.3. The van der Waals surface area contributed by atoms with Crippen molar-refractivity contribution in [2.24, 2.45) is 11.3 Å². The maximum absolute atomic E-state index is 17.6. The zero-order valence-electron chi connectivity index (χ0n) is 47.6. The minimum absolute atomic E-state index is 0.00237. The molecule has 4 amide bonds. The summed E-state index contributed by atoms with van der Waals surface area (Å²) in [6.45, 7) is 13.6. The first-order valence-corrected chi connectivity index (χ1v) is 29.2. The molecule has 7 aliphatic heterocycles. The van der Waals surface area contributed by atoms with Gasteiger partial charge < -0.3 is 38.5 Å². The number of hydrogen-bond donors (Lipinski definition) is 1. The number of carbonyl (C=O) groups excluding carboxylic acids is 4. The largest absolute Gasteiger partial charge is 0.468 e. The molecular weight excluding hydrogens is 1070 g/mol. The highest BCUT2D eigenvalue weighted by Crippen LogP contribution is 2.44. The number of likely N-dealkylation sites (tertiary alicyclic amines) is 2. The van der Waals surface area contributed by atoms with Crippen LogP contribution in [0.3, 0.4) is 0 Å². The van der Waals surface area contributed by atoms with Crippen molar-refractivity contribution >= 4 is 57.0 Å². The summed E-state index contributed by atoms with van der Waals surface area (Å²) in [7, 11) is 1.49. The van der Waals surface area contributed by atoms with E-state index in [1.165, 1.54) is 24.3 Å². The lowest BCUT2D eigenvalue weighted by atomic mass is 9.71. The number of aromatic nitrogens is 3. The molecule has 2 bridgehead atoms. The van der Waals surface area contributed by atoms with Crippen molar-refractivity contribution in [1.82, 2.24) is 39.9 Å². The second kappa shape index (κ2) is 22.7. The van der Waals surface area contributed by atoms with Crippen LogP contribution in [0.25, 0.3) is 32.9 Å². The van der Waals surface area contributed by atoms with E-state index >= 15 is 13.2 Å². The van der Waals surface area contributed by atoms with Crippen molar-refractivity contribution in [2.75, 3.05) is 95.8 Å². The average molecular weight is 1140 g/mol. The van der Waals surface area contributed by atoms with Gasteiger partial charge in [0.05, 0.1) is 35.3 Å². The van der Waals surface area contributed by atoms with E-state index in [9.17, 15) is 19.2 Å². The molecule has 18 nitrogen and oxygen atoms in total. The number of amides is 4. The van der Waals surface area contributed by atoms with E-state index < -0.39 is 35.0 Å². The van der Waals surface area contributed by atoms with Gasteiger partial charge in [0.15, 0.2) is 18.4 Å². The molecular formula is C62H71F3N10O8. The molecule has 7 aliphatic rings. The molecule has 6 fully saturated rings. The molecule has 21 heteroatoms. The molecule has 1 spiro atoms. The van der Waals surface area contributed by atoms with Crippen molar-refractivity contribution in [3.63, 3.8) is 0 Å². The molecule has 3 unspecified atom stereocenters. The predicted molar refractivity (Wildman–Crippen MR) is 304 cm³/mol. The van der Waals surface area contributed by atoms with E-state index in [0.717, 1.165) is 97.2 Å². The van der Waals surface area contributed by atoms with E-state index in [1.807, 2.05) is 25.7 Å². The number of anilines is 2. The van der Waals surface area contributed by atoms with Crippen LogP contribution >= 0.6 is 0 Å². The third-order valence-electron chi connectivity index (χ3n) is 18.4. The van der Waals surface area contributed by atoms with Gasteiger partial charge in [0.25, 0.3) is 5.91 Å². The lowest BCUT2D eigenvalue weighted by Gasteiger charge is -2.47. The number of piperazine rings is 1. The fourth-order valence-corrected chi connectivity index (χ4v) is 13.9. The molecule has 3 atom stereocenters. The fourth-order valence-electron chi connectivity index (χ4n) is 13.9. The van der Waals surface area contributed by atoms with E-state index in [0.29, 0.717) is 64.5 Å². The van der Waals surface area contributed by atoms with Crippen LogP contribution in [-0.4, -0.2) is 168 Å². The highest BCUT2D eigenvalue weighted by Gasteiger charge is 2.46. The number of piperidine rings is 4. The number of rotatable bonds is 13. The number of halogens is 3. The second-order valence-corrected chi connectivity index (χ2v) is 24.6. The zero-order valence-corrected chi connectivity index (χ0v) is 47.6. The number of ether oxygens (including phenoxy) is 4. The van der Waals surface area contributed by atoms with Gasteiger partial charge in [0.1, 0.15) is 46.8 Å². The monoisotopic (exact) mass is 1140 g/mol. The summed E-state index contributed by atoms with van der Waals surface area (Å²) < 4.78 is 72.3. The van der Waals surface area contributed by atoms with E-state index in [1.54, 1.807) is 30.3 Å². The third kappa shape index (κ3) is 11.1. The van der Waals surface area contributed by atoms with Crippen molar-refractivity contribution in [1.29, 1.82) is 0 Å². The van der Waals surface area contributed by atoms with E-state index in [2.05, 4.69) is 35.8 Å². The van der Waals surface area contributed by atoms with Crippen molar-refractivity contribution in [3.8, 4) is 35.4 Å². The number of imide groups is 1. The van der Waals surface area contributed by atoms with Crippen LogP contribution in [0.4, 0.5) is 29.5 Å². The highest BCUT2D eigenvalue weighted by atomic mass is 19.1. The van der Waals surface area contributed by atoms with Crippen LogP contribution < -0.4 is 24.6 Å². The Balaban J connectivity index is 0.685. The van der Waals surface area contributed by atoms with Crippen LogP contribution in [0.15, 0.2) is 42.6 Å². The van der Waals surface area contributed by atoms with Crippen LogP contribution in [0.5, 0.6) is 11.8 Å². The van der Waals surface area contributed by atoms with E-state index in [-0.39, 0.29) is 102 Å². The van der Waals surface area contributed by atoms with Gasteiger partial charge in [-0.15, -0.1) is 6.42 Å². The molecule has 0 aliphatic carbocycles. The number of hydrogen-bond acceptors (Lipinski definition) is 15. The molecule has 438 valence electrons. The number of carbonyl (C=O) groups is 4. The molecule has 0 saturated carbocycles. The summed E-state index contributed by atoms with van der Waals surface area (Å²) in [5, 5.41) is 3.48. The number of pyridine rings is 1. The fraction of sp³-hybridized carbons (Fsp3) is 0.532. The first kappa shape index (κ1) is 56.2. The number of fused-ring (bicyclic) bond motifs is 5. The smallest absolute Gasteiger partial charge is 0.410 e. The van der Waals surface area contributed by atoms with Crippen LogP contribution in [0, 0.1) is 41.1 Å². The topological polar surface area (TPSA) is 175 Å². The first-order chi connectivity index (χ1) is 40.0. The van der Waals surface area contributed by atoms with Gasteiger partial charge in [-0.3, -0.25) is 34.5 Å². The van der Waals surface area contributed by atoms with Gasteiger partial charge in [-0.25, -0.2) is 18.0 Å². The summed E-state index contributed by atoms with van der Waals surface area (Å²) in [4.78, 5) is 77.8. The molecule has 1 N–H and O–H groups in total. The van der Waals surface area contributed by atoms with Gasteiger partial charge in [0.2, 0.25) is 11.8 Å². The maximum Gasteiger partial charge on any atom is 0.410 e. The number of terminal acetylenes is 1. The number of methoxy groups -OCH3 is 1. The van der Waals surface area contributed by atoms with Gasteiger partial charge >= 0.3 is 12.1 Å². The third-order valence-corrected chi connectivity index (χ3v) is 18.4. The first-order valence-electron chi connectivity index (χ1n) is 29.2. The van der Waals surface area contributed by atoms with Crippen molar-refractivity contribution in [2.45, 2.75) is 115 Å². The SMILES string of the molecule is C#Cc1c(F)ccc2cc(OCOC)cc(-c3ncc4c(N5CC6CCC(C5)N6C(=O)OC(C)(C)C)nc(OCCN5CCC6(CC5)CCN(CC5CCN(c7ccc8c(c7F)CN(C7CCC(=O)NC7=O)C8=O)CC5)CC6)nc4c3F)c12. The molecule has 12 rings (SSSR count). The highest BCUT2D eigenvalue weighted by molar-refractivity contribution is 6.06. The van der Waals surface area contributed by atoms with Gasteiger partial charge in [-0.1, -0.05) is 12.0 Å². The van der Waals surface area contributed by atoms with Crippen LogP contribution in [-0.2, 0) is 25.6 Å². The predicted octanol–water partition coefficient (Wildman–Crippen LogP) is 8.05. The Morgan fingerprint density at radius 3 is 2.25 bits per heavy atom. The lowest BCUT2D eigenvalue weighted by molar-refractivity contribution is -0.136. The Morgan fingerprint density at radius 1 is 0.843 bits per heavy atom. The van der Waals surface area contributed by atoms with Crippen LogP contribution in [0.1, 0.15) is 106 Å². The number of benzene rings is 3. The molecule has 83 heavy (non-hydrogen) atoms. The van der Waals surface area contributed by atoms with Gasteiger partial charge in [-0.05, 0) is 152 Å². The summed E-state index contributed by atoms with van der Waals surface area (Å²) in [6, 6.07) is 8.35. The minimum atomic E-state index is -0.789. The van der Waals surface area contributed by atoms with Gasteiger partial charge in [-0.2, -0.15) is 9.97 Å². The summed E-state index contributed by atoms with van der Waals surface area (Å²) >= 11 is 0. The Bertz CT molecular complexity index is 3400. The Labute approximate surface area is 480 Å². The zero-order chi connectivity index (χ0) is 57.9. The van der Waals surface area contributed by atoms with Crippen molar-refractivity contribution in [3.05, 3.63) is 76.7 Å². The lowest BCUT2D eigenvalue weighted by Crippen LogP contribution is -2.57. The van der Waals surface area contributed by atoms with Gasteiger partial charge in [0, 0.05) is 81.1 Å². The Morgan fingerprint density at radius 2 is 1.57 bits per heavy atom. The Kier molecular flexibility index (Phi) is 15.4. The number of nitrogens with one attached hydrogen (secondary N) is 1. The van der Waals surface area contributed by atoms with E-state index in [4.69, 9.17) is 35.3 Å². The summed E-state index contributed by atoms with van der Waals surface area (Å²) in [5.74, 6) is 0.677. The second-order valence-electron chi connectivity index (χ2n) is 24.6. The average Bonchev–Trinajstić information content (AvgIpc) is 4.09. The Hall–Kier alpha value is -7.28. The van der Waals surface area contributed by atoms with Crippen molar-refractivity contribution < 1.29 is 51.3 Å².